The molecule has 1 saturated heterocycles. The number of aryl methyl sites for hydroxylation is 1. The first kappa shape index (κ1) is 14.9. The zero-order valence-electron chi connectivity index (χ0n) is 11.0. The Balaban J connectivity index is 2.40. The summed E-state index contributed by atoms with van der Waals surface area (Å²) in [6.45, 7) is 1.82. The fraction of sp³-hybridized carbons (Fsp3) is 0.667. The maximum atomic E-state index is 11.8. The van der Waals surface area contributed by atoms with Crippen LogP contribution in [-0.4, -0.2) is 49.8 Å². The van der Waals surface area contributed by atoms with E-state index >= 15 is 0 Å². The highest BCUT2D eigenvalue weighted by atomic mass is 16.6. The number of aromatic nitrogens is 2. The summed E-state index contributed by atoms with van der Waals surface area (Å²) >= 11 is 0. The Morgan fingerprint density at radius 3 is 2.60 bits per heavy atom. The molecule has 1 aliphatic heterocycles. The first-order valence-corrected chi connectivity index (χ1v) is 6.45. The molecular formula is C12H18N2O6. The molecule has 1 aromatic heterocycles. The van der Waals surface area contributed by atoms with E-state index in [9.17, 15) is 19.8 Å². The zero-order chi connectivity index (χ0) is 14.9. The van der Waals surface area contributed by atoms with Gasteiger partial charge >= 0.3 is 5.69 Å². The molecule has 20 heavy (non-hydrogen) atoms. The molecule has 0 saturated carbocycles. The van der Waals surface area contributed by atoms with E-state index in [-0.39, 0.29) is 5.56 Å². The molecule has 0 spiro atoms. The number of hydrogen-bond donors (Lipinski definition) is 4. The smallest absolute Gasteiger partial charge is 0.328 e. The van der Waals surface area contributed by atoms with Crippen LogP contribution in [0.1, 0.15) is 25.0 Å². The van der Waals surface area contributed by atoms with Crippen LogP contribution in [0.4, 0.5) is 0 Å². The maximum Gasteiger partial charge on any atom is 0.328 e. The molecule has 1 aromatic rings. The first-order chi connectivity index (χ1) is 9.49. The Morgan fingerprint density at radius 1 is 1.35 bits per heavy atom. The predicted octanol–water partition coefficient (Wildman–Crippen LogP) is -1.90. The Hall–Kier alpha value is -1.48. The number of nitrogens with zero attached hydrogens (tertiary/aromatic N) is 1. The third-order valence-corrected chi connectivity index (χ3v) is 3.35. The second kappa shape index (κ2) is 5.88. The van der Waals surface area contributed by atoms with Gasteiger partial charge in [-0.15, -0.1) is 0 Å². The fourth-order valence-electron chi connectivity index (χ4n) is 2.29. The Bertz CT molecular complexity index is 580. The SMILES string of the molecule is CCCn1cc([C@@H]2O[C@H](CO)C(O)C2O)c(=O)[nH]c1=O. The van der Waals surface area contributed by atoms with Crippen LogP contribution in [0.5, 0.6) is 0 Å². The number of H-pyrrole nitrogens is 1. The summed E-state index contributed by atoms with van der Waals surface area (Å²) in [5.41, 5.74) is -1.15. The molecule has 2 unspecified atom stereocenters. The third-order valence-electron chi connectivity index (χ3n) is 3.35. The fourth-order valence-corrected chi connectivity index (χ4v) is 2.29. The number of nitrogens with one attached hydrogen (secondary N) is 1. The van der Waals surface area contributed by atoms with Gasteiger partial charge in [0.1, 0.15) is 24.4 Å². The third kappa shape index (κ3) is 2.55. The van der Waals surface area contributed by atoms with Crippen molar-refractivity contribution in [1.82, 2.24) is 9.55 Å². The minimum Gasteiger partial charge on any atom is -0.394 e. The second-order valence-corrected chi connectivity index (χ2v) is 4.80. The summed E-state index contributed by atoms with van der Waals surface area (Å²) in [6, 6.07) is 0. The van der Waals surface area contributed by atoms with Crippen molar-refractivity contribution in [3.8, 4) is 0 Å². The molecule has 2 heterocycles. The van der Waals surface area contributed by atoms with Gasteiger partial charge in [0.05, 0.1) is 12.2 Å². The monoisotopic (exact) mass is 286 g/mol. The molecule has 1 fully saturated rings. The lowest BCUT2D eigenvalue weighted by atomic mass is 10.0. The zero-order valence-corrected chi connectivity index (χ0v) is 11.0. The van der Waals surface area contributed by atoms with Crippen molar-refractivity contribution >= 4 is 0 Å². The summed E-state index contributed by atoms with van der Waals surface area (Å²) in [5.74, 6) is 0. The molecule has 2 rings (SSSR count). The lowest BCUT2D eigenvalue weighted by Gasteiger charge is -2.15. The minimum absolute atomic E-state index is 0.0561. The Labute approximate surface area is 114 Å². The molecule has 0 radical (unpaired) electrons. The van der Waals surface area contributed by atoms with E-state index in [4.69, 9.17) is 9.84 Å². The van der Waals surface area contributed by atoms with E-state index < -0.39 is 42.3 Å². The number of hydrogen-bond acceptors (Lipinski definition) is 6. The molecule has 4 N–H and O–H groups in total. The van der Waals surface area contributed by atoms with Crippen LogP contribution in [0, 0.1) is 0 Å². The molecule has 0 bridgehead atoms. The molecule has 0 amide bonds. The van der Waals surface area contributed by atoms with Crippen LogP contribution < -0.4 is 11.2 Å². The highest BCUT2D eigenvalue weighted by molar-refractivity contribution is 5.14. The number of rotatable bonds is 4. The predicted molar refractivity (Wildman–Crippen MR) is 68.3 cm³/mol. The van der Waals surface area contributed by atoms with E-state index in [0.717, 1.165) is 0 Å². The van der Waals surface area contributed by atoms with E-state index in [1.807, 2.05) is 6.92 Å². The van der Waals surface area contributed by atoms with Gasteiger partial charge in [0, 0.05) is 12.7 Å². The van der Waals surface area contributed by atoms with Crippen molar-refractivity contribution in [3.63, 3.8) is 0 Å². The van der Waals surface area contributed by atoms with Gasteiger partial charge < -0.3 is 24.6 Å². The van der Waals surface area contributed by atoms with Crippen molar-refractivity contribution in [1.29, 1.82) is 0 Å². The van der Waals surface area contributed by atoms with Crippen molar-refractivity contribution in [2.45, 2.75) is 44.3 Å². The van der Waals surface area contributed by atoms with E-state index in [2.05, 4.69) is 4.98 Å². The molecule has 112 valence electrons. The van der Waals surface area contributed by atoms with Crippen LogP contribution in [-0.2, 0) is 11.3 Å². The van der Waals surface area contributed by atoms with Crippen LogP contribution in [0.25, 0.3) is 0 Å². The minimum atomic E-state index is -1.33. The van der Waals surface area contributed by atoms with Crippen LogP contribution in [0.15, 0.2) is 15.8 Å². The maximum absolute atomic E-state index is 11.8. The van der Waals surface area contributed by atoms with E-state index in [1.54, 1.807) is 0 Å². The van der Waals surface area contributed by atoms with Gasteiger partial charge in [-0.05, 0) is 6.42 Å². The number of ether oxygens (including phenoxy) is 1. The van der Waals surface area contributed by atoms with Gasteiger partial charge in [0.25, 0.3) is 5.56 Å². The van der Waals surface area contributed by atoms with Gasteiger partial charge in [0.15, 0.2) is 0 Å². The molecular weight excluding hydrogens is 268 g/mol. The summed E-state index contributed by atoms with van der Waals surface area (Å²) < 4.78 is 6.60. The van der Waals surface area contributed by atoms with Crippen LogP contribution in [0.2, 0.25) is 0 Å². The number of aromatic amines is 1. The Kier molecular flexibility index (Phi) is 4.39. The number of aliphatic hydroxyl groups excluding tert-OH is 3. The molecule has 8 nitrogen and oxygen atoms in total. The molecule has 4 atom stereocenters. The topological polar surface area (TPSA) is 125 Å². The highest BCUT2D eigenvalue weighted by Gasteiger charge is 2.44. The van der Waals surface area contributed by atoms with Crippen molar-refractivity contribution < 1.29 is 20.1 Å². The molecule has 0 aromatic carbocycles. The largest absolute Gasteiger partial charge is 0.394 e. The van der Waals surface area contributed by atoms with E-state index in [1.165, 1.54) is 10.8 Å². The Morgan fingerprint density at radius 2 is 2.05 bits per heavy atom. The van der Waals surface area contributed by atoms with Gasteiger partial charge in [0.2, 0.25) is 0 Å². The average Bonchev–Trinajstić information content (AvgIpc) is 2.70. The van der Waals surface area contributed by atoms with Gasteiger partial charge in [-0.25, -0.2) is 4.79 Å². The summed E-state index contributed by atoms with van der Waals surface area (Å²) in [4.78, 5) is 25.6. The molecule has 8 heteroatoms. The number of aliphatic hydroxyl groups is 3. The second-order valence-electron chi connectivity index (χ2n) is 4.80. The van der Waals surface area contributed by atoms with Crippen molar-refractivity contribution in [2.75, 3.05) is 6.61 Å². The molecule has 1 aliphatic rings. The average molecular weight is 286 g/mol. The van der Waals surface area contributed by atoms with E-state index in [0.29, 0.717) is 13.0 Å². The summed E-state index contributed by atoms with van der Waals surface area (Å²) in [5, 5.41) is 28.6. The molecule has 0 aliphatic carbocycles. The lowest BCUT2D eigenvalue weighted by molar-refractivity contribution is -0.0233. The summed E-state index contributed by atoms with van der Waals surface area (Å²) in [6.07, 6.45) is -2.63. The first-order valence-electron chi connectivity index (χ1n) is 6.45. The van der Waals surface area contributed by atoms with Crippen molar-refractivity contribution in [2.24, 2.45) is 0 Å². The van der Waals surface area contributed by atoms with Gasteiger partial charge in [-0.2, -0.15) is 0 Å². The van der Waals surface area contributed by atoms with Crippen molar-refractivity contribution in [3.05, 3.63) is 32.6 Å². The summed E-state index contributed by atoms with van der Waals surface area (Å²) in [7, 11) is 0. The van der Waals surface area contributed by atoms with Gasteiger partial charge in [-0.1, -0.05) is 6.92 Å². The highest BCUT2D eigenvalue weighted by Crippen LogP contribution is 2.31. The quantitative estimate of drug-likeness (QED) is 0.512. The van der Waals surface area contributed by atoms with Gasteiger partial charge in [-0.3, -0.25) is 9.78 Å². The van der Waals surface area contributed by atoms with Crippen LogP contribution >= 0.6 is 0 Å². The van der Waals surface area contributed by atoms with Crippen LogP contribution in [0.3, 0.4) is 0 Å². The standard InChI is InChI=1S/C12H18N2O6/c1-2-3-14-4-6(11(18)13-12(14)19)10-9(17)8(16)7(5-15)20-10/h4,7-10,15-17H,2-3,5H2,1H3,(H,13,18,19)/t7-,8?,9?,10+/m1/s1. The lowest BCUT2D eigenvalue weighted by Crippen LogP contribution is -2.36. The normalized spacial score (nSPS) is 29.8.